The lowest BCUT2D eigenvalue weighted by molar-refractivity contribution is -0.170. The minimum atomic E-state index is -1.53. The largest absolute Gasteiger partial charge is 0.507 e. The number of aromatic hydroxyl groups is 4. The molecule has 0 atom stereocenters. The Kier molecular flexibility index (Phi) is 28.1. The molecule has 0 aromatic heterocycles. The highest BCUT2D eigenvalue weighted by atomic mass is 16.6. The smallest absolute Gasteiger partial charge is 0.306 e. The standard InChI is InChI=1S/C69H100O12/c1-13-17-21-53-33-49(37-57(45(5)6)65(53)74)25-29-61(70)78-41-69(42-79-62(71)30-26-50-34-54(22-18-14-2)66(75)58(38-50)46(7)8,43-80-63(72)31-27-51-35-55(23-19-15-3)67(76)59(39-51)47(9)10)44-81-64(73)32-28-52-36-56(24-20-16-4)68(77)60(40-52)48(11)12/h33-40,45-48,74-77H,13-32,41-44H2,1-12H3. The molecular weight excluding hydrogens is 1020 g/mol. The fourth-order valence-electron chi connectivity index (χ4n) is 10.2. The summed E-state index contributed by atoms with van der Waals surface area (Å²) in [6.07, 6.45) is 11.5. The van der Waals surface area contributed by atoms with Gasteiger partial charge >= 0.3 is 23.9 Å². The van der Waals surface area contributed by atoms with E-state index in [4.69, 9.17) is 18.9 Å². The Morgan fingerprint density at radius 2 is 0.543 bits per heavy atom. The average Bonchev–Trinajstić information content (AvgIpc) is 3.44. The van der Waals surface area contributed by atoms with Crippen LogP contribution in [0.1, 0.15) is 251 Å². The van der Waals surface area contributed by atoms with Gasteiger partial charge in [-0.05, 0) is 167 Å². The minimum absolute atomic E-state index is 0.0211. The van der Waals surface area contributed by atoms with Crippen LogP contribution in [-0.2, 0) is 89.5 Å². The summed E-state index contributed by atoms with van der Waals surface area (Å²) in [7, 11) is 0. The van der Waals surface area contributed by atoms with E-state index in [9.17, 15) is 39.6 Å². The third kappa shape index (κ3) is 21.3. The molecule has 0 aliphatic rings. The van der Waals surface area contributed by atoms with Crippen molar-refractivity contribution in [2.45, 2.75) is 235 Å². The summed E-state index contributed by atoms with van der Waals surface area (Å²) < 4.78 is 24.2. The van der Waals surface area contributed by atoms with E-state index in [0.717, 1.165) is 118 Å². The minimum Gasteiger partial charge on any atom is -0.507 e. The Morgan fingerprint density at radius 3 is 0.716 bits per heavy atom. The van der Waals surface area contributed by atoms with Gasteiger partial charge in [0, 0.05) is 25.7 Å². The maximum Gasteiger partial charge on any atom is 0.306 e. The topological polar surface area (TPSA) is 186 Å². The van der Waals surface area contributed by atoms with E-state index in [-0.39, 0.29) is 72.4 Å². The number of rotatable bonds is 36. The molecule has 0 aliphatic carbocycles. The molecule has 0 radical (unpaired) electrons. The number of carbonyl (C=O) groups excluding carboxylic acids is 4. The van der Waals surface area contributed by atoms with Gasteiger partial charge in [0.05, 0.1) is 0 Å². The highest BCUT2D eigenvalue weighted by Crippen LogP contribution is 2.36. The molecule has 12 heteroatoms. The monoisotopic (exact) mass is 1120 g/mol. The summed E-state index contributed by atoms with van der Waals surface area (Å²) in [6, 6.07) is 15.5. The summed E-state index contributed by atoms with van der Waals surface area (Å²) in [4.78, 5) is 55.7. The van der Waals surface area contributed by atoms with Crippen molar-refractivity contribution in [1.82, 2.24) is 0 Å². The lowest BCUT2D eigenvalue weighted by Crippen LogP contribution is -2.44. The van der Waals surface area contributed by atoms with Gasteiger partial charge in [-0.25, -0.2) is 0 Å². The number of ether oxygens (including phenoxy) is 4. The molecule has 4 aromatic carbocycles. The first-order chi connectivity index (χ1) is 38.5. The van der Waals surface area contributed by atoms with Gasteiger partial charge in [0.15, 0.2) is 0 Å². The van der Waals surface area contributed by atoms with Gasteiger partial charge in [0.25, 0.3) is 0 Å². The van der Waals surface area contributed by atoms with Crippen LogP contribution in [0, 0.1) is 5.41 Å². The van der Waals surface area contributed by atoms with E-state index in [1.165, 1.54) is 0 Å². The highest BCUT2D eigenvalue weighted by Gasteiger charge is 2.38. The van der Waals surface area contributed by atoms with E-state index < -0.39 is 55.7 Å². The molecule has 81 heavy (non-hydrogen) atoms. The predicted octanol–water partition coefficient (Wildman–Crippen LogP) is 15.4. The number of hydrogen-bond donors (Lipinski definition) is 4. The Hall–Kier alpha value is -6.04. The maximum atomic E-state index is 13.9. The van der Waals surface area contributed by atoms with Crippen LogP contribution in [0.5, 0.6) is 23.0 Å². The van der Waals surface area contributed by atoms with Crippen LogP contribution in [0.15, 0.2) is 48.5 Å². The normalized spacial score (nSPS) is 11.8. The zero-order chi connectivity index (χ0) is 59.8. The second kappa shape index (κ2) is 33.8. The van der Waals surface area contributed by atoms with E-state index in [0.29, 0.717) is 51.4 Å². The zero-order valence-electron chi connectivity index (χ0n) is 51.5. The molecule has 0 fully saturated rings. The van der Waals surface area contributed by atoms with E-state index >= 15 is 0 Å². The highest BCUT2D eigenvalue weighted by molar-refractivity contribution is 5.72. The number of phenols is 4. The van der Waals surface area contributed by atoms with E-state index in [1.54, 1.807) is 0 Å². The molecule has 4 rings (SSSR count). The predicted molar refractivity (Wildman–Crippen MR) is 323 cm³/mol. The number of hydrogen-bond acceptors (Lipinski definition) is 12. The van der Waals surface area contributed by atoms with Crippen molar-refractivity contribution in [1.29, 1.82) is 0 Å². The first kappa shape index (κ1) is 67.5. The molecule has 0 amide bonds. The molecule has 0 saturated heterocycles. The molecule has 0 heterocycles. The van der Waals surface area contributed by atoms with Crippen molar-refractivity contribution >= 4 is 23.9 Å². The SMILES string of the molecule is CCCCc1cc(CCC(=O)OCC(COC(=O)CCc2cc(CCCC)c(O)c(C(C)C)c2)(COC(=O)CCc2cc(CCCC)c(O)c(C(C)C)c2)COC(=O)CCc2cc(CCCC)c(O)c(C(C)C)c2)cc(C(C)C)c1O. The van der Waals surface area contributed by atoms with Gasteiger partial charge in [0.1, 0.15) is 54.8 Å². The summed E-state index contributed by atoms with van der Waals surface area (Å²) in [6.45, 7) is 22.9. The third-order valence-corrected chi connectivity index (χ3v) is 15.4. The average molecular weight is 1120 g/mol. The van der Waals surface area contributed by atoms with Gasteiger partial charge in [-0.3, -0.25) is 19.2 Å². The Bertz CT molecular complexity index is 2300. The maximum absolute atomic E-state index is 13.9. The van der Waals surface area contributed by atoms with Crippen LogP contribution in [0.3, 0.4) is 0 Å². The third-order valence-electron chi connectivity index (χ3n) is 15.4. The number of benzene rings is 4. The number of aryl methyl sites for hydroxylation is 8. The van der Waals surface area contributed by atoms with Crippen molar-refractivity contribution < 1.29 is 58.6 Å². The second-order valence-electron chi connectivity index (χ2n) is 23.9. The van der Waals surface area contributed by atoms with Crippen molar-refractivity contribution in [2.75, 3.05) is 26.4 Å². The van der Waals surface area contributed by atoms with E-state index in [2.05, 4.69) is 27.7 Å². The summed E-state index contributed by atoms with van der Waals surface area (Å²) in [5, 5.41) is 44.5. The molecule has 0 spiro atoms. The zero-order valence-corrected chi connectivity index (χ0v) is 51.5. The first-order valence-corrected chi connectivity index (χ1v) is 30.6. The number of unbranched alkanes of at least 4 members (excludes halogenated alkanes) is 4. The van der Waals surface area contributed by atoms with Gasteiger partial charge in [-0.1, -0.05) is 157 Å². The fraction of sp³-hybridized carbons (Fsp3) is 0.594. The molecular formula is C69H100O12. The Labute approximate surface area is 485 Å². The summed E-state index contributed by atoms with van der Waals surface area (Å²) in [5.74, 6) is -0.910. The van der Waals surface area contributed by atoms with Crippen molar-refractivity contribution in [2.24, 2.45) is 5.41 Å². The lowest BCUT2D eigenvalue weighted by atomic mass is 9.91. The van der Waals surface area contributed by atoms with Gasteiger partial charge in [0.2, 0.25) is 0 Å². The first-order valence-electron chi connectivity index (χ1n) is 30.6. The molecule has 4 aromatic rings. The molecule has 0 bridgehead atoms. The molecule has 4 N–H and O–H groups in total. The van der Waals surface area contributed by atoms with Crippen LogP contribution >= 0.6 is 0 Å². The fourth-order valence-corrected chi connectivity index (χ4v) is 10.2. The summed E-state index contributed by atoms with van der Waals surface area (Å²) >= 11 is 0. The number of carbonyl (C=O) groups is 4. The molecule has 0 unspecified atom stereocenters. The van der Waals surface area contributed by atoms with Crippen LogP contribution in [0.4, 0.5) is 0 Å². The van der Waals surface area contributed by atoms with Crippen LogP contribution in [0.2, 0.25) is 0 Å². The van der Waals surface area contributed by atoms with Crippen LogP contribution < -0.4 is 0 Å². The van der Waals surface area contributed by atoms with Gasteiger partial charge in [-0.15, -0.1) is 0 Å². The van der Waals surface area contributed by atoms with Crippen LogP contribution in [-0.4, -0.2) is 70.7 Å². The van der Waals surface area contributed by atoms with Gasteiger partial charge < -0.3 is 39.4 Å². The van der Waals surface area contributed by atoms with Gasteiger partial charge in [-0.2, -0.15) is 0 Å². The molecule has 0 aliphatic heterocycles. The van der Waals surface area contributed by atoms with E-state index in [1.807, 2.05) is 104 Å². The Balaban J connectivity index is 1.68. The van der Waals surface area contributed by atoms with Crippen molar-refractivity contribution in [3.8, 4) is 23.0 Å². The molecule has 0 saturated carbocycles. The second-order valence-corrected chi connectivity index (χ2v) is 23.9. The molecule has 448 valence electrons. The van der Waals surface area contributed by atoms with Crippen LogP contribution in [0.25, 0.3) is 0 Å². The Morgan fingerprint density at radius 1 is 0.346 bits per heavy atom. The number of phenolic OH excluding ortho intramolecular Hbond substituents is 4. The van der Waals surface area contributed by atoms with Crippen molar-refractivity contribution in [3.63, 3.8) is 0 Å². The molecule has 12 nitrogen and oxygen atoms in total. The lowest BCUT2D eigenvalue weighted by Gasteiger charge is -2.31. The summed E-state index contributed by atoms with van der Waals surface area (Å²) in [5.41, 5.74) is 8.58. The quantitative estimate of drug-likeness (QED) is 0.0250. The van der Waals surface area contributed by atoms with Crippen molar-refractivity contribution in [3.05, 3.63) is 115 Å². The number of esters is 4.